The van der Waals surface area contributed by atoms with Crippen LogP contribution in [0.4, 0.5) is 0 Å². The van der Waals surface area contributed by atoms with Crippen molar-refractivity contribution in [1.82, 2.24) is 5.32 Å². The third kappa shape index (κ3) is 2.92. The second-order valence-electron chi connectivity index (χ2n) is 3.26. The van der Waals surface area contributed by atoms with Gasteiger partial charge in [0.05, 0.1) is 6.54 Å². The summed E-state index contributed by atoms with van der Waals surface area (Å²) >= 11 is 0. The number of nitrogens with zero attached hydrogens (tertiary/aromatic N) is 1. The molecule has 0 aliphatic heterocycles. The van der Waals surface area contributed by atoms with Gasteiger partial charge in [0.1, 0.15) is 5.41 Å². The monoisotopic (exact) mass is 202 g/mol. The van der Waals surface area contributed by atoms with E-state index in [1.165, 1.54) is 13.8 Å². The Morgan fingerprint density at radius 1 is 1.43 bits per heavy atom. The molecule has 7 nitrogen and oxygen atoms in total. The van der Waals surface area contributed by atoms with E-state index in [2.05, 4.69) is 10.5 Å². The lowest BCUT2D eigenvalue weighted by atomic mass is 9.91. The van der Waals surface area contributed by atoms with Crippen LogP contribution in [-0.4, -0.2) is 29.4 Å². The number of hydrogen-bond acceptors (Lipinski definition) is 4. The summed E-state index contributed by atoms with van der Waals surface area (Å²) in [7, 11) is 0. The summed E-state index contributed by atoms with van der Waals surface area (Å²) in [6, 6.07) is 0. The predicted octanol–water partition coefficient (Wildman–Crippen LogP) is -1.64. The first kappa shape index (κ1) is 12.2. The zero-order valence-electron chi connectivity index (χ0n) is 8.07. The number of carbonyl (C=O) groups excluding carboxylic acids is 2. The molecule has 0 radical (unpaired) electrons. The van der Waals surface area contributed by atoms with Crippen molar-refractivity contribution < 1.29 is 14.8 Å². The van der Waals surface area contributed by atoms with Crippen molar-refractivity contribution >= 4 is 17.6 Å². The first-order valence-electron chi connectivity index (χ1n) is 3.87. The average molecular weight is 202 g/mol. The molecule has 7 heteroatoms. The molecular weight excluding hydrogens is 188 g/mol. The Kier molecular flexibility index (Phi) is 3.88. The summed E-state index contributed by atoms with van der Waals surface area (Å²) in [6.07, 6.45) is 0. The van der Waals surface area contributed by atoms with Gasteiger partial charge in [-0.25, -0.2) is 0 Å². The Morgan fingerprint density at radius 3 is 2.29 bits per heavy atom. The van der Waals surface area contributed by atoms with Crippen LogP contribution in [0.3, 0.4) is 0 Å². The van der Waals surface area contributed by atoms with Gasteiger partial charge in [-0.15, -0.1) is 0 Å². The highest BCUT2D eigenvalue weighted by Crippen LogP contribution is 2.14. The normalized spacial score (nSPS) is 12.3. The van der Waals surface area contributed by atoms with E-state index in [-0.39, 0.29) is 12.4 Å². The SMILES string of the molecule is CC(C)(C(=O)NCC(N)=O)C(N)=NO. The van der Waals surface area contributed by atoms with Gasteiger partial charge in [0.15, 0.2) is 5.84 Å². The number of hydrogen-bond donors (Lipinski definition) is 4. The number of amidine groups is 1. The minimum atomic E-state index is -1.18. The van der Waals surface area contributed by atoms with Crippen molar-refractivity contribution in [3.63, 3.8) is 0 Å². The molecule has 0 aromatic rings. The Hall–Kier alpha value is -1.79. The molecule has 0 aromatic heterocycles. The van der Waals surface area contributed by atoms with Gasteiger partial charge < -0.3 is 22.0 Å². The first-order chi connectivity index (χ1) is 6.32. The molecule has 0 aliphatic rings. The molecule has 0 unspecified atom stereocenters. The number of nitrogens with two attached hydrogens (primary N) is 2. The topological polar surface area (TPSA) is 131 Å². The van der Waals surface area contributed by atoms with E-state index in [0.29, 0.717) is 0 Å². The highest BCUT2D eigenvalue weighted by atomic mass is 16.4. The zero-order chi connectivity index (χ0) is 11.4. The quantitative estimate of drug-likeness (QED) is 0.188. The number of primary amides is 1. The molecule has 0 heterocycles. The molecule has 6 N–H and O–H groups in total. The molecule has 80 valence electrons. The van der Waals surface area contributed by atoms with Crippen LogP contribution in [0.5, 0.6) is 0 Å². The molecule has 0 aromatic carbocycles. The number of nitrogens with one attached hydrogen (secondary N) is 1. The predicted molar refractivity (Wildman–Crippen MR) is 49.4 cm³/mol. The van der Waals surface area contributed by atoms with Crippen LogP contribution in [0.2, 0.25) is 0 Å². The molecular formula is C7H14N4O3. The van der Waals surface area contributed by atoms with Crippen LogP contribution < -0.4 is 16.8 Å². The smallest absolute Gasteiger partial charge is 0.236 e. The van der Waals surface area contributed by atoms with Gasteiger partial charge in [-0.05, 0) is 13.8 Å². The summed E-state index contributed by atoms with van der Waals surface area (Å²) in [4.78, 5) is 21.7. The van der Waals surface area contributed by atoms with Gasteiger partial charge in [-0.3, -0.25) is 9.59 Å². The minimum absolute atomic E-state index is 0.237. The van der Waals surface area contributed by atoms with Gasteiger partial charge in [-0.2, -0.15) is 0 Å². The van der Waals surface area contributed by atoms with E-state index in [1.54, 1.807) is 0 Å². The van der Waals surface area contributed by atoms with Crippen molar-refractivity contribution in [3.05, 3.63) is 0 Å². The van der Waals surface area contributed by atoms with Crippen molar-refractivity contribution in [1.29, 1.82) is 0 Å². The van der Waals surface area contributed by atoms with Gasteiger partial charge in [-0.1, -0.05) is 5.16 Å². The van der Waals surface area contributed by atoms with E-state index >= 15 is 0 Å². The Morgan fingerprint density at radius 2 is 1.93 bits per heavy atom. The fourth-order valence-corrected chi connectivity index (χ4v) is 0.630. The second-order valence-corrected chi connectivity index (χ2v) is 3.26. The molecule has 0 bridgehead atoms. The van der Waals surface area contributed by atoms with Gasteiger partial charge in [0.2, 0.25) is 11.8 Å². The van der Waals surface area contributed by atoms with Crippen LogP contribution in [0.1, 0.15) is 13.8 Å². The van der Waals surface area contributed by atoms with Crippen LogP contribution in [0, 0.1) is 5.41 Å². The molecule has 0 saturated heterocycles. The summed E-state index contributed by atoms with van der Waals surface area (Å²) in [5, 5.41) is 13.4. The molecule has 0 rings (SSSR count). The average Bonchev–Trinajstić information content (AvgIpc) is 2.12. The summed E-state index contributed by atoms with van der Waals surface area (Å²) in [5.41, 5.74) is 8.93. The Bertz CT molecular complexity index is 272. The second kappa shape index (κ2) is 4.45. The molecule has 0 aliphatic carbocycles. The molecule has 0 saturated carbocycles. The van der Waals surface area contributed by atoms with E-state index in [9.17, 15) is 9.59 Å². The van der Waals surface area contributed by atoms with Crippen molar-refractivity contribution in [2.24, 2.45) is 22.0 Å². The maximum atomic E-state index is 11.4. The summed E-state index contributed by atoms with van der Waals surface area (Å²) in [5.74, 6) is -1.43. The first-order valence-corrected chi connectivity index (χ1v) is 3.87. The van der Waals surface area contributed by atoms with E-state index in [4.69, 9.17) is 16.7 Å². The molecule has 0 atom stereocenters. The van der Waals surface area contributed by atoms with Crippen LogP contribution in [-0.2, 0) is 9.59 Å². The van der Waals surface area contributed by atoms with E-state index in [1.807, 2.05) is 0 Å². The maximum Gasteiger partial charge on any atom is 0.236 e. The zero-order valence-corrected chi connectivity index (χ0v) is 8.07. The number of carbonyl (C=O) groups is 2. The van der Waals surface area contributed by atoms with E-state index in [0.717, 1.165) is 0 Å². The molecule has 0 fully saturated rings. The van der Waals surface area contributed by atoms with Crippen molar-refractivity contribution in [3.8, 4) is 0 Å². The van der Waals surface area contributed by atoms with Gasteiger partial charge in [0, 0.05) is 0 Å². The fraction of sp³-hybridized carbons (Fsp3) is 0.571. The third-order valence-corrected chi connectivity index (χ3v) is 1.74. The lowest BCUT2D eigenvalue weighted by Crippen LogP contribution is -2.47. The van der Waals surface area contributed by atoms with Gasteiger partial charge in [0.25, 0.3) is 0 Å². The largest absolute Gasteiger partial charge is 0.409 e. The molecule has 0 spiro atoms. The lowest BCUT2D eigenvalue weighted by molar-refractivity contribution is -0.128. The number of amides is 2. The molecule has 2 amide bonds. The summed E-state index contributed by atoms with van der Waals surface area (Å²) < 4.78 is 0. The Balaban J connectivity index is 4.44. The highest BCUT2D eigenvalue weighted by molar-refractivity contribution is 6.06. The standard InChI is InChI=1S/C7H14N4O3/c1-7(2,5(9)11-14)6(13)10-3-4(8)12/h14H,3H2,1-2H3,(H2,8,12)(H2,9,11)(H,10,13). The molecule has 14 heavy (non-hydrogen) atoms. The maximum absolute atomic E-state index is 11.4. The lowest BCUT2D eigenvalue weighted by Gasteiger charge is -2.21. The fourth-order valence-electron chi connectivity index (χ4n) is 0.630. The van der Waals surface area contributed by atoms with Crippen molar-refractivity contribution in [2.75, 3.05) is 6.54 Å². The van der Waals surface area contributed by atoms with Crippen molar-refractivity contribution in [2.45, 2.75) is 13.8 Å². The van der Waals surface area contributed by atoms with E-state index < -0.39 is 17.2 Å². The van der Waals surface area contributed by atoms with Crippen LogP contribution >= 0.6 is 0 Å². The summed E-state index contributed by atoms with van der Waals surface area (Å²) in [6.45, 7) is 2.64. The third-order valence-electron chi connectivity index (χ3n) is 1.74. The Labute approximate surface area is 81.1 Å². The van der Waals surface area contributed by atoms with Crippen LogP contribution in [0.15, 0.2) is 5.16 Å². The minimum Gasteiger partial charge on any atom is -0.409 e. The van der Waals surface area contributed by atoms with Gasteiger partial charge >= 0.3 is 0 Å². The highest BCUT2D eigenvalue weighted by Gasteiger charge is 2.32. The number of rotatable bonds is 4. The number of oxime groups is 1. The van der Waals surface area contributed by atoms with Crippen LogP contribution in [0.25, 0.3) is 0 Å².